The largest absolute Gasteiger partial charge is 0.494 e. The Morgan fingerprint density at radius 1 is 1.03 bits per heavy atom. The van der Waals surface area contributed by atoms with Crippen molar-refractivity contribution in [2.75, 3.05) is 18.7 Å². The number of rotatable bonds is 5. The van der Waals surface area contributed by atoms with Gasteiger partial charge in [-0.2, -0.15) is 4.80 Å². The third kappa shape index (κ3) is 4.41. The van der Waals surface area contributed by atoms with Crippen LogP contribution in [-0.2, 0) is 0 Å². The molecular weight excluding hydrogens is 442 g/mol. The monoisotopic (exact) mass is 461 g/mol. The summed E-state index contributed by atoms with van der Waals surface area (Å²) in [5.41, 5.74) is 3.31. The minimum absolute atomic E-state index is 0.145. The first-order valence-electron chi connectivity index (χ1n) is 10.2. The molecule has 3 aromatic carbocycles. The first-order valence-corrected chi connectivity index (χ1v) is 10.6. The molecule has 1 aromatic heterocycles. The average Bonchev–Trinajstić information content (AvgIpc) is 3.45. The summed E-state index contributed by atoms with van der Waals surface area (Å²) < 4.78 is 16.0. The molecule has 0 spiro atoms. The highest BCUT2D eigenvalue weighted by Gasteiger charge is 2.17. The molecule has 1 amide bonds. The molecule has 0 radical (unpaired) electrons. The van der Waals surface area contributed by atoms with E-state index in [1.807, 2.05) is 49.4 Å². The summed E-state index contributed by atoms with van der Waals surface area (Å²) in [6, 6.07) is 18.0. The van der Waals surface area contributed by atoms with Gasteiger partial charge in [0, 0.05) is 11.3 Å². The fraction of sp³-hybridized carbons (Fsp3) is 0.130. The summed E-state index contributed by atoms with van der Waals surface area (Å²) in [5.74, 6) is 1.58. The zero-order valence-electron chi connectivity index (χ0n) is 17.6. The van der Waals surface area contributed by atoms with Crippen molar-refractivity contribution in [2.24, 2.45) is 0 Å². The van der Waals surface area contributed by atoms with E-state index in [4.69, 9.17) is 26.4 Å². The molecule has 1 aliphatic rings. The van der Waals surface area contributed by atoms with E-state index in [1.165, 1.54) is 0 Å². The lowest BCUT2D eigenvalue weighted by molar-refractivity contribution is 0.0977. The molecule has 0 atom stereocenters. The maximum absolute atomic E-state index is 12.5. The molecule has 0 fully saturated rings. The van der Waals surface area contributed by atoms with Crippen molar-refractivity contribution in [2.45, 2.75) is 6.92 Å². The minimum Gasteiger partial charge on any atom is -0.494 e. The summed E-state index contributed by atoms with van der Waals surface area (Å²) in [6.07, 6.45) is 0. The molecular formula is C23H19N5O4S. The number of thiocarbonyl (C=S) groups is 1. The molecule has 1 aliphatic heterocycles. The number of aromatic nitrogens is 3. The molecule has 0 unspecified atom stereocenters. The maximum atomic E-state index is 12.5. The minimum atomic E-state index is -0.353. The molecule has 5 rings (SSSR count). The van der Waals surface area contributed by atoms with E-state index in [0.29, 0.717) is 34.9 Å². The van der Waals surface area contributed by atoms with Gasteiger partial charge in [0.2, 0.25) is 6.79 Å². The van der Waals surface area contributed by atoms with Crippen molar-refractivity contribution in [1.29, 1.82) is 0 Å². The van der Waals surface area contributed by atoms with Gasteiger partial charge in [-0.15, -0.1) is 10.2 Å². The molecule has 4 aromatic rings. The molecule has 166 valence electrons. The van der Waals surface area contributed by atoms with Crippen molar-refractivity contribution in [3.8, 4) is 22.9 Å². The Morgan fingerprint density at radius 2 is 1.82 bits per heavy atom. The van der Waals surface area contributed by atoms with Crippen LogP contribution in [-0.4, -0.2) is 39.4 Å². The topological polar surface area (TPSA) is 99.5 Å². The Hall–Kier alpha value is -4.18. The van der Waals surface area contributed by atoms with Crippen LogP contribution in [0.3, 0.4) is 0 Å². The normalized spacial score (nSPS) is 11.9. The third-order valence-corrected chi connectivity index (χ3v) is 5.08. The predicted molar refractivity (Wildman–Crippen MR) is 126 cm³/mol. The second-order valence-electron chi connectivity index (χ2n) is 7.10. The Kier molecular flexibility index (Phi) is 5.49. The smallest absolute Gasteiger partial charge is 0.257 e. The van der Waals surface area contributed by atoms with E-state index in [0.717, 1.165) is 17.0 Å². The number of nitrogens with one attached hydrogen (secondary N) is 2. The number of ether oxygens (including phenoxy) is 3. The third-order valence-electron chi connectivity index (χ3n) is 4.88. The van der Waals surface area contributed by atoms with Crippen molar-refractivity contribution >= 4 is 40.0 Å². The van der Waals surface area contributed by atoms with Crippen LogP contribution in [0.25, 0.3) is 16.7 Å². The number of nitrogens with zero attached hydrogens (tertiary/aromatic N) is 3. The molecule has 2 heterocycles. The molecule has 10 heteroatoms. The SMILES string of the molecule is CCOc1ccc(-n2nc3ccc(NC(=S)NC(=O)c4ccc5c(c4)OCO5)cc3n2)cc1. The highest BCUT2D eigenvalue weighted by molar-refractivity contribution is 7.80. The zero-order chi connectivity index (χ0) is 22.8. The van der Waals surface area contributed by atoms with Crippen LogP contribution in [0.4, 0.5) is 5.69 Å². The summed E-state index contributed by atoms with van der Waals surface area (Å²) in [5, 5.41) is 14.9. The lowest BCUT2D eigenvalue weighted by Gasteiger charge is -2.09. The van der Waals surface area contributed by atoms with Gasteiger partial charge >= 0.3 is 0 Å². The predicted octanol–water partition coefficient (Wildman–Crippen LogP) is 3.67. The quantitative estimate of drug-likeness (QED) is 0.435. The van der Waals surface area contributed by atoms with Crippen LogP contribution in [0.1, 0.15) is 17.3 Å². The maximum Gasteiger partial charge on any atom is 0.257 e. The molecule has 0 aliphatic carbocycles. The van der Waals surface area contributed by atoms with Crippen molar-refractivity contribution in [1.82, 2.24) is 20.3 Å². The molecule has 0 bridgehead atoms. The zero-order valence-corrected chi connectivity index (χ0v) is 18.4. The van der Waals surface area contributed by atoms with Gasteiger partial charge in [0.15, 0.2) is 16.6 Å². The highest BCUT2D eigenvalue weighted by atomic mass is 32.1. The van der Waals surface area contributed by atoms with Crippen molar-refractivity contribution in [3.63, 3.8) is 0 Å². The van der Waals surface area contributed by atoms with Gasteiger partial charge in [-0.1, -0.05) is 0 Å². The molecule has 9 nitrogen and oxygen atoms in total. The Labute approximate surface area is 194 Å². The van der Waals surface area contributed by atoms with Crippen LogP contribution in [0.5, 0.6) is 17.2 Å². The summed E-state index contributed by atoms with van der Waals surface area (Å²) in [7, 11) is 0. The standard InChI is InChI=1S/C23H19N5O4S/c1-2-30-17-7-5-16(6-8-17)28-26-18-9-4-15(12-19(18)27-28)24-23(33)25-22(29)14-3-10-20-21(11-14)32-13-31-20/h3-12H,2,13H2,1H3,(H2,24,25,29,33). The van der Waals surface area contributed by atoms with E-state index < -0.39 is 0 Å². The average molecular weight is 462 g/mol. The second-order valence-corrected chi connectivity index (χ2v) is 7.50. The lowest BCUT2D eigenvalue weighted by atomic mass is 10.2. The first-order chi connectivity index (χ1) is 16.1. The lowest BCUT2D eigenvalue weighted by Crippen LogP contribution is -2.34. The van der Waals surface area contributed by atoms with Crippen LogP contribution in [0.15, 0.2) is 60.7 Å². The van der Waals surface area contributed by atoms with Crippen molar-refractivity contribution < 1.29 is 19.0 Å². The fourth-order valence-corrected chi connectivity index (χ4v) is 3.54. The second kappa shape index (κ2) is 8.75. The molecule has 33 heavy (non-hydrogen) atoms. The number of carbonyl (C=O) groups excluding carboxylic acids is 1. The van der Waals surface area contributed by atoms with Gasteiger partial charge in [0.05, 0.1) is 12.3 Å². The number of fused-ring (bicyclic) bond motifs is 2. The number of carbonyl (C=O) groups is 1. The van der Waals surface area contributed by atoms with Gasteiger partial charge in [-0.05, 0) is 79.8 Å². The Balaban J connectivity index is 1.27. The van der Waals surface area contributed by atoms with E-state index in [2.05, 4.69) is 20.8 Å². The molecule has 0 saturated heterocycles. The van der Waals surface area contributed by atoms with Gasteiger partial charge in [0.1, 0.15) is 16.8 Å². The van der Waals surface area contributed by atoms with Crippen LogP contribution >= 0.6 is 12.2 Å². The number of anilines is 1. The van der Waals surface area contributed by atoms with Gasteiger partial charge in [0.25, 0.3) is 5.91 Å². The van der Waals surface area contributed by atoms with E-state index >= 15 is 0 Å². The van der Waals surface area contributed by atoms with E-state index in [9.17, 15) is 4.79 Å². The number of amides is 1. The fourth-order valence-electron chi connectivity index (χ4n) is 3.33. The van der Waals surface area contributed by atoms with Gasteiger partial charge in [-0.25, -0.2) is 0 Å². The van der Waals surface area contributed by atoms with E-state index in [-0.39, 0.29) is 17.8 Å². The summed E-state index contributed by atoms with van der Waals surface area (Å²) in [6.45, 7) is 2.69. The Bertz CT molecular complexity index is 1350. The van der Waals surface area contributed by atoms with Gasteiger partial charge in [-0.3, -0.25) is 10.1 Å². The molecule has 2 N–H and O–H groups in total. The van der Waals surface area contributed by atoms with Crippen LogP contribution in [0, 0.1) is 0 Å². The van der Waals surface area contributed by atoms with Crippen LogP contribution < -0.4 is 24.8 Å². The number of hydrogen-bond acceptors (Lipinski definition) is 7. The summed E-state index contributed by atoms with van der Waals surface area (Å²) in [4.78, 5) is 14.1. The van der Waals surface area contributed by atoms with Crippen LogP contribution in [0.2, 0.25) is 0 Å². The number of hydrogen-bond donors (Lipinski definition) is 2. The summed E-state index contributed by atoms with van der Waals surface area (Å²) >= 11 is 5.30. The Morgan fingerprint density at radius 3 is 2.64 bits per heavy atom. The molecule has 0 saturated carbocycles. The van der Waals surface area contributed by atoms with Gasteiger partial charge < -0.3 is 19.5 Å². The van der Waals surface area contributed by atoms with E-state index in [1.54, 1.807) is 23.0 Å². The van der Waals surface area contributed by atoms with Crippen molar-refractivity contribution in [3.05, 3.63) is 66.2 Å². The number of benzene rings is 3. The highest BCUT2D eigenvalue weighted by Crippen LogP contribution is 2.32. The first kappa shape index (κ1) is 20.7.